The topological polar surface area (TPSA) is 83.8 Å². The summed E-state index contributed by atoms with van der Waals surface area (Å²) in [4.78, 5) is 11.8. The number of nitrogens with zero attached hydrogens (tertiary/aromatic N) is 5. The van der Waals surface area contributed by atoms with E-state index < -0.39 is 5.54 Å². The Morgan fingerprint density at radius 2 is 2.19 bits per heavy atom. The molecule has 0 aromatic carbocycles. The first-order chi connectivity index (χ1) is 13.0. The minimum absolute atomic E-state index is 0.0585. The maximum Gasteiger partial charge on any atom is 0.223 e. The highest BCUT2D eigenvalue weighted by Gasteiger charge is 2.27. The predicted molar refractivity (Wildman–Crippen MR) is 112 cm³/mol. The number of pyridine rings is 2. The lowest BCUT2D eigenvalue weighted by Crippen LogP contribution is -2.19. The van der Waals surface area contributed by atoms with Crippen molar-refractivity contribution in [1.29, 1.82) is 0 Å². The van der Waals surface area contributed by atoms with Crippen LogP contribution in [0.25, 0.3) is 21.2 Å². The van der Waals surface area contributed by atoms with E-state index >= 15 is 0 Å². The normalized spacial score (nSPS) is 17.2. The van der Waals surface area contributed by atoms with Crippen molar-refractivity contribution >= 4 is 34.1 Å². The Labute approximate surface area is 168 Å². The Hall–Kier alpha value is -1.69. The molecule has 3 rings (SSSR count). The molecule has 1 saturated carbocycles. The van der Waals surface area contributed by atoms with Crippen molar-refractivity contribution in [3.8, 4) is 5.88 Å². The van der Waals surface area contributed by atoms with Gasteiger partial charge in [0.25, 0.3) is 0 Å². The van der Waals surface area contributed by atoms with E-state index in [9.17, 15) is 0 Å². The van der Waals surface area contributed by atoms with Gasteiger partial charge in [-0.3, -0.25) is 0 Å². The minimum Gasteiger partial charge on any atom is -0.474 e. The fourth-order valence-corrected chi connectivity index (χ4v) is 4.34. The summed E-state index contributed by atoms with van der Waals surface area (Å²) in [5.74, 6) is 1.64. The Morgan fingerprint density at radius 1 is 1.41 bits per heavy atom. The molecule has 2 aromatic rings. The van der Waals surface area contributed by atoms with Crippen LogP contribution < -0.4 is 4.74 Å². The van der Waals surface area contributed by atoms with Crippen molar-refractivity contribution in [2.75, 3.05) is 5.75 Å². The van der Waals surface area contributed by atoms with E-state index in [4.69, 9.17) is 21.9 Å². The third-order valence-corrected chi connectivity index (χ3v) is 6.57. The van der Waals surface area contributed by atoms with E-state index in [0.717, 1.165) is 33.8 Å². The first kappa shape index (κ1) is 20.1. The molecule has 0 bridgehead atoms. The molecule has 27 heavy (non-hydrogen) atoms. The van der Waals surface area contributed by atoms with Crippen LogP contribution in [0.5, 0.6) is 5.88 Å². The van der Waals surface area contributed by atoms with Gasteiger partial charge in [0.1, 0.15) is 5.15 Å². The van der Waals surface area contributed by atoms with E-state index in [1.807, 2.05) is 25.6 Å². The largest absolute Gasteiger partial charge is 0.474 e. The van der Waals surface area contributed by atoms with Gasteiger partial charge in [-0.05, 0) is 67.8 Å². The number of fused-ring (bicyclic) bond motifs is 1. The molecule has 0 amide bonds. The number of rotatable bonds is 9. The maximum absolute atomic E-state index is 8.99. The van der Waals surface area contributed by atoms with Gasteiger partial charge in [0, 0.05) is 22.6 Å². The molecule has 2 unspecified atom stereocenters. The molecule has 144 valence electrons. The van der Waals surface area contributed by atoms with Crippen molar-refractivity contribution < 1.29 is 4.74 Å². The highest BCUT2D eigenvalue weighted by Crippen LogP contribution is 2.38. The van der Waals surface area contributed by atoms with Crippen LogP contribution in [0.1, 0.15) is 52.0 Å². The van der Waals surface area contributed by atoms with Crippen molar-refractivity contribution in [2.24, 2.45) is 5.11 Å². The maximum atomic E-state index is 8.99. The van der Waals surface area contributed by atoms with Crippen LogP contribution >= 0.6 is 23.4 Å². The Bertz CT molecular complexity index is 869. The predicted octanol–water partition coefficient (Wildman–Crippen LogP) is 6.27. The number of halogens is 1. The molecule has 6 nitrogen and oxygen atoms in total. The zero-order valence-corrected chi connectivity index (χ0v) is 17.4. The van der Waals surface area contributed by atoms with Crippen LogP contribution in [0.2, 0.25) is 5.15 Å². The number of thioether (sulfide) groups is 1. The van der Waals surface area contributed by atoms with Crippen molar-refractivity contribution in [1.82, 2.24) is 9.97 Å². The summed E-state index contributed by atoms with van der Waals surface area (Å²) in [5.41, 5.74) is 9.11. The van der Waals surface area contributed by atoms with Gasteiger partial charge in [-0.2, -0.15) is 11.8 Å². The third-order valence-electron chi connectivity index (χ3n) is 4.95. The molecule has 0 aliphatic heterocycles. The number of hydrogen-bond donors (Lipinski definition) is 0. The SMILES string of the molecule is CCC(C)(N=[N+]=[N-])c1cnc(OC(C)CCSC2CC2)c2cnc(Cl)cc12. The number of azide groups is 1. The number of hydrogen-bond acceptors (Lipinski definition) is 5. The molecule has 0 N–H and O–H groups in total. The molecule has 0 saturated heterocycles. The molecule has 1 aliphatic carbocycles. The summed E-state index contributed by atoms with van der Waals surface area (Å²) in [6.07, 6.45) is 7.78. The Kier molecular flexibility index (Phi) is 6.35. The second-order valence-corrected chi connectivity index (χ2v) is 8.93. The summed E-state index contributed by atoms with van der Waals surface area (Å²) < 4.78 is 6.12. The molecule has 2 atom stereocenters. The third kappa shape index (κ3) is 4.78. The van der Waals surface area contributed by atoms with Crippen LogP contribution in [0.3, 0.4) is 0 Å². The van der Waals surface area contributed by atoms with E-state index in [0.29, 0.717) is 17.5 Å². The lowest BCUT2D eigenvalue weighted by atomic mass is 9.88. The molecule has 0 spiro atoms. The second kappa shape index (κ2) is 8.55. The van der Waals surface area contributed by atoms with Gasteiger partial charge in [0.2, 0.25) is 5.88 Å². The molecular weight excluding hydrogens is 382 g/mol. The van der Waals surface area contributed by atoms with E-state index in [-0.39, 0.29) is 6.10 Å². The van der Waals surface area contributed by atoms with Gasteiger partial charge in [-0.25, -0.2) is 9.97 Å². The van der Waals surface area contributed by atoms with E-state index in [1.54, 1.807) is 18.5 Å². The highest BCUT2D eigenvalue weighted by molar-refractivity contribution is 8.00. The zero-order valence-electron chi connectivity index (χ0n) is 15.9. The van der Waals surface area contributed by atoms with Crippen molar-refractivity contribution in [3.05, 3.63) is 39.6 Å². The summed E-state index contributed by atoms with van der Waals surface area (Å²) in [7, 11) is 0. The summed E-state index contributed by atoms with van der Waals surface area (Å²) >= 11 is 8.17. The quantitative estimate of drug-likeness (QED) is 0.213. The van der Waals surface area contributed by atoms with Gasteiger partial charge in [0.05, 0.1) is 17.0 Å². The molecule has 2 heterocycles. The Morgan fingerprint density at radius 3 is 2.85 bits per heavy atom. The van der Waals surface area contributed by atoms with Crippen molar-refractivity contribution in [2.45, 2.75) is 63.3 Å². The van der Waals surface area contributed by atoms with Gasteiger partial charge in [0.15, 0.2) is 0 Å². The van der Waals surface area contributed by atoms with Crippen molar-refractivity contribution in [3.63, 3.8) is 0 Å². The van der Waals surface area contributed by atoms with Crippen LogP contribution in [0.15, 0.2) is 23.6 Å². The summed E-state index contributed by atoms with van der Waals surface area (Å²) in [6.45, 7) is 5.94. The average molecular weight is 406 g/mol. The summed E-state index contributed by atoms with van der Waals surface area (Å²) in [6, 6.07) is 1.79. The van der Waals surface area contributed by atoms with Crippen LogP contribution in [-0.4, -0.2) is 27.1 Å². The lowest BCUT2D eigenvalue weighted by molar-refractivity contribution is 0.213. The fraction of sp³-hybridized carbons (Fsp3) is 0.579. The van der Waals surface area contributed by atoms with Crippen LogP contribution in [0, 0.1) is 0 Å². The fourth-order valence-electron chi connectivity index (χ4n) is 2.91. The van der Waals surface area contributed by atoms with Gasteiger partial charge >= 0.3 is 0 Å². The van der Waals surface area contributed by atoms with Gasteiger partial charge in [-0.1, -0.05) is 23.6 Å². The number of aromatic nitrogens is 2. The monoisotopic (exact) mass is 405 g/mol. The zero-order chi connectivity index (χ0) is 19.4. The molecule has 2 aromatic heterocycles. The number of ether oxygens (including phenoxy) is 1. The lowest BCUT2D eigenvalue weighted by Gasteiger charge is -2.25. The molecule has 8 heteroatoms. The molecular formula is C19H24ClN5OS. The molecule has 1 aliphatic rings. The average Bonchev–Trinajstić information content (AvgIpc) is 3.46. The Balaban J connectivity index is 1.91. The van der Waals surface area contributed by atoms with E-state index in [1.165, 1.54) is 12.8 Å². The first-order valence-electron chi connectivity index (χ1n) is 9.26. The van der Waals surface area contributed by atoms with Gasteiger partial charge in [-0.15, -0.1) is 0 Å². The highest BCUT2D eigenvalue weighted by atomic mass is 35.5. The van der Waals surface area contributed by atoms with Crippen LogP contribution in [0.4, 0.5) is 0 Å². The first-order valence-corrected chi connectivity index (χ1v) is 10.7. The van der Waals surface area contributed by atoms with E-state index in [2.05, 4.69) is 26.9 Å². The molecule has 1 fully saturated rings. The minimum atomic E-state index is -0.713. The second-order valence-electron chi connectivity index (χ2n) is 7.13. The summed E-state index contributed by atoms with van der Waals surface area (Å²) in [5, 5.41) is 6.89. The molecule has 0 radical (unpaired) electrons. The smallest absolute Gasteiger partial charge is 0.223 e. The standard InChI is InChI=1S/C19H24ClN5OS/c1-4-19(3,24-25-21)16-11-23-18(15-10-22-17(20)9-14(15)16)26-12(2)7-8-27-13-5-6-13/h9-13H,4-8H2,1-3H3. The van der Waals surface area contributed by atoms with Gasteiger partial charge < -0.3 is 4.74 Å². The van der Waals surface area contributed by atoms with Crippen LogP contribution in [-0.2, 0) is 5.54 Å².